The first-order valence-electron chi connectivity index (χ1n) is 11.9. The average Bonchev–Trinajstić information content (AvgIpc) is 2.93. The van der Waals surface area contributed by atoms with Gasteiger partial charge >= 0.3 is 6.18 Å². The van der Waals surface area contributed by atoms with Crippen molar-refractivity contribution in [2.24, 2.45) is 0 Å². The number of benzene rings is 3. The molecule has 194 valence electrons. The van der Waals surface area contributed by atoms with Crippen molar-refractivity contribution in [3.63, 3.8) is 0 Å². The van der Waals surface area contributed by atoms with Gasteiger partial charge in [-0.25, -0.2) is 14.4 Å². The molecule has 3 aromatic carbocycles. The number of para-hydroxylation sites is 1. The number of alkyl halides is 3. The molecule has 0 spiro atoms. The van der Waals surface area contributed by atoms with E-state index in [-0.39, 0.29) is 13.1 Å². The van der Waals surface area contributed by atoms with Crippen LogP contribution in [0.25, 0.3) is 11.3 Å². The summed E-state index contributed by atoms with van der Waals surface area (Å²) < 4.78 is 59.4. The lowest BCUT2D eigenvalue weighted by Gasteiger charge is -2.35. The molecule has 1 aliphatic rings. The monoisotopic (exact) mass is 522 g/mol. The number of anilines is 1. The molecule has 1 aliphatic heterocycles. The van der Waals surface area contributed by atoms with Gasteiger partial charge < -0.3 is 14.5 Å². The molecule has 0 radical (unpaired) electrons. The summed E-state index contributed by atoms with van der Waals surface area (Å²) in [5, 5.41) is 0. The van der Waals surface area contributed by atoms with Gasteiger partial charge in [0.2, 0.25) is 5.95 Å². The number of ether oxygens (including phenoxy) is 1. The number of aromatic nitrogens is 2. The van der Waals surface area contributed by atoms with Crippen LogP contribution >= 0.6 is 0 Å². The number of amides is 1. The van der Waals surface area contributed by atoms with Crippen LogP contribution < -0.4 is 9.64 Å². The molecule has 2 heterocycles. The fourth-order valence-electron chi connectivity index (χ4n) is 4.20. The molecule has 0 aliphatic carbocycles. The fraction of sp³-hybridized carbons (Fsp3) is 0.179. The van der Waals surface area contributed by atoms with Crippen LogP contribution in [0.2, 0.25) is 0 Å². The van der Waals surface area contributed by atoms with E-state index in [1.807, 2.05) is 59.5 Å². The molecular weight excluding hydrogens is 500 g/mol. The third-order valence-corrected chi connectivity index (χ3v) is 6.14. The predicted molar refractivity (Wildman–Crippen MR) is 134 cm³/mol. The Kier molecular flexibility index (Phi) is 6.95. The van der Waals surface area contributed by atoms with Crippen molar-refractivity contribution < 1.29 is 27.1 Å². The van der Waals surface area contributed by atoms with Gasteiger partial charge in [0, 0.05) is 37.9 Å². The van der Waals surface area contributed by atoms with Crippen LogP contribution in [0.5, 0.6) is 11.5 Å². The van der Waals surface area contributed by atoms with E-state index in [0.717, 1.165) is 23.4 Å². The number of carbonyl (C=O) groups excluding carboxylic acids is 1. The zero-order valence-corrected chi connectivity index (χ0v) is 20.0. The molecule has 0 N–H and O–H groups in total. The smallest absolute Gasteiger partial charge is 0.417 e. The quantitative estimate of drug-likeness (QED) is 0.299. The van der Waals surface area contributed by atoms with E-state index < -0.39 is 29.0 Å². The molecular formula is C28H22F4N4O2. The zero-order chi connectivity index (χ0) is 26.7. The highest BCUT2D eigenvalue weighted by Gasteiger charge is 2.37. The minimum absolute atomic E-state index is 0.173. The van der Waals surface area contributed by atoms with Crippen LogP contribution in [0.4, 0.5) is 23.5 Å². The Balaban J connectivity index is 1.25. The summed E-state index contributed by atoms with van der Waals surface area (Å²) in [6.45, 7) is 1.02. The maximum atomic E-state index is 13.4. The number of carbonyl (C=O) groups is 1. The molecule has 5 rings (SSSR count). The highest BCUT2D eigenvalue weighted by Crippen LogP contribution is 2.33. The molecule has 6 nitrogen and oxygen atoms in total. The van der Waals surface area contributed by atoms with Gasteiger partial charge in [-0.3, -0.25) is 4.79 Å². The largest absolute Gasteiger partial charge is 0.457 e. The van der Waals surface area contributed by atoms with Gasteiger partial charge in [0.05, 0.1) is 16.8 Å². The minimum Gasteiger partial charge on any atom is -0.457 e. The van der Waals surface area contributed by atoms with Gasteiger partial charge in [-0.05, 0) is 60.7 Å². The number of nitrogens with zero attached hydrogens (tertiary/aromatic N) is 4. The molecule has 0 bridgehead atoms. The molecule has 38 heavy (non-hydrogen) atoms. The molecule has 1 aromatic heterocycles. The van der Waals surface area contributed by atoms with Crippen LogP contribution in [-0.4, -0.2) is 47.0 Å². The lowest BCUT2D eigenvalue weighted by Crippen LogP contribution is -2.49. The van der Waals surface area contributed by atoms with E-state index in [2.05, 4.69) is 9.97 Å². The van der Waals surface area contributed by atoms with Crippen molar-refractivity contribution in [3.8, 4) is 22.8 Å². The summed E-state index contributed by atoms with van der Waals surface area (Å²) in [7, 11) is 0. The molecule has 0 unspecified atom stereocenters. The van der Waals surface area contributed by atoms with Gasteiger partial charge in [-0.1, -0.05) is 18.2 Å². The van der Waals surface area contributed by atoms with Crippen LogP contribution in [0.3, 0.4) is 0 Å². The molecule has 1 amide bonds. The summed E-state index contributed by atoms with van der Waals surface area (Å²) in [5.41, 5.74) is -0.286. The Morgan fingerprint density at radius 1 is 0.842 bits per heavy atom. The second kappa shape index (κ2) is 10.5. The van der Waals surface area contributed by atoms with E-state index in [4.69, 9.17) is 4.74 Å². The van der Waals surface area contributed by atoms with E-state index in [9.17, 15) is 22.4 Å². The SMILES string of the molecule is O=C(c1ccc(F)cc1C(F)(F)F)N1CCN(c2nccc(-c3ccc(Oc4ccccc4)cc3)n2)CC1. The summed E-state index contributed by atoms with van der Waals surface area (Å²) in [6, 6.07) is 20.8. The molecule has 1 saturated heterocycles. The van der Waals surface area contributed by atoms with Crippen LogP contribution in [-0.2, 0) is 6.18 Å². The molecule has 10 heteroatoms. The van der Waals surface area contributed by atoms with Crippen molar-refractivity contribution >= 4 is 11.9 Å². The summed E-state index contributed by atoms with van der Waals surface area (Å²) in [4.78, 5) is 25.0. The fourth-order valence-corrected chi connectivity index (χ4v) is 4.20. The first-order valence-corrected chi connectivity index (χ1v) is 11.9. The maximum absolute atomic E-state index is 13.4. The zero-order valence-electron chi connectivity index (χ0n) is 20.0. The van der Waals surface area contributed by atoms with Crippen molar-refractivity contribution in [2.45, 2.75) is 6.18 Å². The summed E-state index contributed by atoms with van der Waals surface area (Å²) in [5.74, 6) is 0.0385. The Morgan fingerprint density at radius 2 is 1.53 bits per heavy atom. The molecule has 0 atom stereocenters. The van der Waals surface area contributed by atoms with Crippen LogP contribution in [0, 0.1) is 5.82 Å². The van der Waals surface area contributed by atoms with E-state index >= 15 is 0 Å². The van der Waals surface area contributed by atoms with Crippen LogP contribution in [0.1, 0.15) is 15.9 Å². The normalized spacial score (nSPS) is 13.9. The van der Waals surface area contributed by atoms with Crippen molar-refractivity contribution in [1.29, 1.82) is 0 Å². The van der Waals surface area contributed by atoms with E-state index in [0.29, 0.717) is 36.5 Å². The lowest BCUT2D eigenvalue weighted by atomic mass is 10.0. The van der Waals surface area contributed by atoms with Crippen molar-refractivity contribution in [1.82, 2.24) is 14.9 Å². The molecule has 0 saturated carbocycles. The molecule has 4 aromatic rings. The third kappa shape index (κ3) is 5.59. The van der Waals surface area contributed by atoms with E-state index in [1.54, 1.807) is 12.3 Å². The number of halogens is 4. The Morgan fingerprint density at radius 3 is 2.21 bits per heavy atom. The second-order valence-corrected chi connectivity index (χ2v) is 8.65. The van der Waals surface area contributed by atoms with Crippen LogP contribution in [0.15, 0.2) is 85.1 Å². The van der Waals surface area contributed by atoms with Crippen molar-refractivity contribution in [2.75, 3.05) is 31.1 Å². The van der Waals surface area contributed by atoms with Gasteiger partial charge in [0.25, 0.3) is 5.91 Å². The Hall–Kier alpha value is -4.47. The first-order chi connectivity index (χ1) is 18.3. The number of piperazine rings is 1. The highest BCUT2D eigenvalue weighted by atomic mass is 19.4. The predicted octanol–water partition coefficient (Wildman–Crippen LogP) is 6.06. The lowest BCUT2D eigenvalue weighted by molar-refractivity contribution is -0.138. The van der Waals surface area contributed by atoms with E-state index in [1.165, 1.54) is 4.90 Å². The van der Waals surface area contributed by atoms with Gasteiger partial charge in [-0.15, -0.1) is 0 Å². The van der Waals surface area contributed by atoms with Gasteiger partial charge in [0.1, 0.15) is 17.3 Å². The number of hydrogen-bond acceptors (Lipinski definition) is 5. The minimum atomic E-state index is -4.84. The maximum Gasteiger partial charge on any atom is 0.417 e. The molecule has 1 fully saturated rings. The summed E-state index contributed by atoms with van der Waals surface area (Å²) in [6.07, 6.45) is -3.20. The van der Waals surface area contributed by atoms with Gasteiger partial charge in [-0.2, -0.15) is 13.2 Å². The standard InChI is InChI=1S/C28H22F4N4O2/c29-20-8-11-23(24(18-20)28(30,31)32)26(37)35-14-16-36(17-15-35)27-33-13-12-25(34-27)19-6-9-22(10-7-19)38-21-4-2-1-3-5-21/h1-13,18H,14-17H2. The number of rotatable bonds is 5. The summed E-state index contributed by atoms with van der Waals surface area (Å²) >= 11 is 0. The van der Waals surface area contributed by atoms with Crippen molar-refractivity contribution in [3.05, 3.63) is 102 Å². The first kappa shape index (κ1) is 25.2. The highest BCUT2D eigenvalue weighted by molar-refractivity contribution is 5.96. The third-order valence-electron chi connectivity index (χ3n) is 6.14. The second-order valence-electron chi connectivity index (χ2n) is 8.65. The average molecular weight is 523 g/mol. The Bertz CT molecular complexity index is 1420. The van der Waals surface area contributed by atoms with Gasteiger partial charge in [0.15, 0.2) is 0 Å². The topological polar surface area (TPSA) is 58.6 Å². The number of hydrogen-bond donors (Lipinski definition) is 0. The Labute approximate surface area is 216 Å².